The molecule has 27 heavy (non-hydrogen) atoms. The van der Waals surface area contributed by atoms with E-state index in [1.807, 2.05) is 12.3 Å². The number of aliphatic imine (C=N–C) groups is 1. The van der Waals surface area contributed by atoms with Crippen LogP contribution in [0, 0.1) is 5.82 Å². The molecule has 1 aliphatic rings. The van der Waals surface area contributed by atoms with Crippen LogP contribution >= 0.6 is 0 Å². The van der Waals surface area contributed by atoms with Gasteiger partial charge in [-0.05, 0) is 42.4 Å². The number of rotatable bonds is 5. The molecular weight excluding hydrogens is 343 g/mol. The number of aromatic nitrogens is 1. The van der Waals surface area contributed by atoms with Crippen molar-refractivity contribution in [1.82, 2.24) is 20.5 Å². The topological polar surface area (TPSA) is 55.8 Å². The van der Waals surface area contributed by atoms with Gasteiger partial charge in [-0.3, -0.25) is 4.99 Å². The number of hydrogen-bond donors (Lipinski definition) is 2. The van der Waals surface area contributed by atoms with Crippen LogP contribution in [-0.4, -0.2) is 56.1 Å². The van der Waals surface area contributed by atoms with E-state index in [1.54, 1.807) is 19.2 Å². The second kappa shape index (κ2) is 9.32. The van der Waals surface area contributed by atoms with E-state index < -0.39 is 0 Å². The molecule has 3 rings (SSSR count). The molecule has 2 aromatic rings. The van der Waals surface area contributed by atoms with Crippen LogP contribution in [-0.2, 0) is 13.1 Å². The Bertz CT molecular complexity index is 753. The lowest BCUT2D eigenvalue weighted by Crippen LogP contribution is -2.44. The molecule has 0 spiro atoms. The molecule has 144 valence electrons. The number of piperazine rings is 1. The summed E-state index contributed by atoms with van der Waals surface area (Å²) in [4.78, 5) is 13.4. The van der Waals surface area contributed by atoms with Crippen molar-refractivity contribution in [2.24, 2.45) is 4.99 Å². The number of nitrogens with zero attached hydrogens (tertiary/aromatic N) is 4. The summed E-state index contributed by atoms with van der Waals surface area (Å²) < 4.78 is 13.0. The maximum absolute atomic E-state index is 13.0. The van der Waals surface area contributed by atoms with Crippen LogP contribution in [0.25, 0.3) is 0 Å². The van der Waals surface area contributed by atoms with Crippen molar-refractivity contribution in [3.8, 4) is 0 Å². The fourth-order valence-corrected chi connectivity index (χ4v) is 2.97. The highest BCUT2D eigenvalue weighted by atomic mass is 19.1. The molecule has 1 saturated heterocycles. The quantitative estimate of drug-likeness (QED) is 0.621. The first-order chi connectivity index (χ1) is 13.1. The lowest BCUT2D eigenvalue weighted by atomic mass is 10.2. The van der Waals surface area contributed by atoms with E-state index in [2.05, 4.69) is 43.5 Å². The predicted molar refractivity (Wildman–Crippen MR) is 107 cm³/mol. The zero-order valence-electron chi connectivity index (χ0n) is 16.0. The van der Waals surface area contributed by atoms with E-state index >= 15 is 0 Å². The van der Waals surface area contributed by atoms with Gasteiger partial charge in [0.2, 0.25) is 0 Å². The van der Waals surface area contributed by atoms with Gasteiger partial charge in [-0.25, -0.2) is 9.37 Å². The van der Waals surface area contributed by atoms with Crippen LogP contribution in [0.15, 0.2) is 47.6 Å². The van der Waals surface area contributed by atoms with Gasteiger partial charge in [0, 0.05) is 52.5 Å². The normalized spacial score (nSPS) is 15.7. The number of hydrogen-bond acceptors (Lipinski definition) is 4. The molecule has 0 bridgehead atoms. The monoisotopic (exact) mass is 370 g/mol. The molecule has 7 heteroatoms. The number of halogens is 1. The molecule has 1 fully saturated rings. The van der Waals surface area contributed by atoms with Gasteiger partial charge in [0.25, 0.3) is 0 Å². The van der Waals surface area contributed by atoms with Crippen molar-refractivity contribution >= 4 is 11.8 Å². The van der Waals surface area contributed by atoms with Gasteiger partial charge >= 0.3 is 0 Å². The van der Waals surface area contributed by atoms with Crippen LogP contribution in [0.1, 0.15) is 11.1 Å². The number of guanidine groups is 1. The zero-order chi connectivity index (χ0) is 19.1. The molecule has 0 unspecified atom stereocenters. The molecule has 0 aliphatic carbocycles. The Morgan fingerprint density at radius 3 is 2.37 bits per heavy atom. The van der Waals surface area contributed by atoms with Gasteiger partial charge in [0.15, 0.2) is 5.96 Å². The summed E-state index contributed by atoms with van der Waals surface area (Å²) in [6, 6.07) is 10.6. The molecule has 0 saturated carbocycles. The Morgan fingerprint density at radius 1 is 1.04 bits per heavy atom. The third-order valence-corrected chi connectivity index (χ3v) is 4.69. The fourth-order valence-electron chi connectivity index (χ4n) is 2.97. The highest BCUT2D eigenvalue weighted by Gasteiger charge is 2.15. The molecule has 1 aliphatic heterocycles. The fraction of sp³-hybridized carbons (Fsp3) is 0.400. The van der Waals surface area contributed by atoms with Gasteiger partial charge < -0.3 is 20.4 Å². The van der Waals surface area contributed by atoms with Gasteiger partial charge in [-0.2, -0.15) is 0 Å². The van der Waals surface area contributed by atoms with Crippen molar-refractivity contribution in [3.63, 3.8) is 0 Å². The average molecular weight is 370 g/mol. The van der Waals surface area contributed by atoms with Gasteiger partial charge in [0.05, 0.1) is 0 Å². The van der Waals surface area contributed by atoms with Crippen LogP contribution in [0.2, 0.25) is 0 Å². The standard InChI is InChI=1S/C20H27FN6/c1-22-20(24-14-16-3-5-18(21)6-4-16)25-15-17-7-8-23-19(13-17)27-11-9-26(2)10-12-27/h3-8,13H,9-12,14-15H2,1-2H3,(H2,22,24,25). The highest BCUT2D eigenvalue weighted by molar-refractivity contribution is 5.79. The first-order valence-corrected chi connectivity index (χ1v) is 9.21. The van der Waals surface area contributed by atoms with Gasteiger partial charge in [-0.1, -0.05) is 12.1 Å². The smallest absolute Gasteiger partial charge is 0.191 e. The summed E-state index contributed by atoms with van der Waals surface area (Å²) in [6.45, 7) is 5.37. The second-order valence-electron chi connectivity index (χ2n) is 6.72. The minimum absolute atomic E-state index is 0.227. The highest BCUT2D eigenvalue weighted by Crippen LogP contribution is 2.14. The summed E-state index contributed by atoms with van der Waals surface area (Å²) in [5.41, 5.74) is 2.16. The molecular formula is C20H27FN6. The molecule has 0 atom stereocenters. The Kier molecular flexibility index (Phi) is 6.59. The zero-order valence-corrected chi connectivity index (χ0v) is 16.0. The minimum Gasteiger partial charge on any atom is -0.354 e. The minimum atomic E-state index is -0.227. The first kappa shape index (κ1) is 19.1. The Balaban J connectivity index is 1.52. The summed E-state index contributed by atoms with van der Waals surface area (Å²) in [5, 5.41) is 6.56. The molecule has 0 amide bonds. The van der Waals surface area contributed by atoms with Gasteiger partial charge in [-0.15, -0.1) is 0 Å². The van der Waals surface area contributed by atoms with E-state index in [1.165, 1.54) is 12.1 Å². The summed E-state index contributed by atoms with van der Waals surface area (Å²) >= 11 is 0. The van der Waals surface area contributed by atoms with E-state index in [-0.39, 0.29) is 5.82 Å². The lowest BCUT2D eigenvalue weighted by molar-refractivity contribution is 0.312. The second-order valence-corrected chi connectivity index (χ2v) is 6.72. The molecule has 0 radical (unpaired) electrons. The maximum Gasteiger partial charge on any atom is 0.191 e. The van der Waals surface area contributed by atoms with Crippen LogP contribution in [0.4, 0.5) is 10.2 Å². The number of pyridine rings is 1. The average Bonchev–Trinajstić information content (AvgIpc) is 2.70. The number of anilines is 1. The largest absolute Gasteiger partial charge is 0.354 e. The SMILES string of the molecule is CN=C(NCc1ccc(F)cc1)NCc1ccnc(N2CCN(C)CC2)c1. The molecule has 2 heterocycles. The van der Waals surface area contributed by atoms with Crippen LogP contribution in [0.5, 0.6) is 0 Å². The van der Waals surface area contributed by atoms with E-state index in [9.17, 15) is 4.39 Å². The van der Waals surface area contributed by atoms with E-state index in [0.717, 1.165) is 43.1 Å². The van der Waals surface area contributed by atoms with Crippen molar-refractivity contribution in [3.05, 3.63) is 59.5 Å². The summed E-state index contributed by atoms with van der Waals surface area (Å²) in [6.07, 6.45) is 1.86. The predicted octanol–water partition coefficient (Wildman–Crippen LogP) is 1.84. The molecule has 1 aromatic carbocycles. The third kappa shape index (κ3) is 5.65. The molecule has 6 nitrogen and oxygen atoms in total. The van der Waals surface area contributed by atoms with Crippen molar-refractivity contribution in [2.75, 3.05) is 45.2 Å². The Morgan fingerprint density at radius 2 is 1.70 bits per heavy atom. The van der Waals surface area contributed by atoms with E-state index in [4.69, 9.17) is 0 Å². The first-order valence-electron chi connectivity index (χ1n) is 9.21. The van der Waals surface area contributed by atoms with Crippen molar-refractivity contribution < 1.29 is 4.39 Å². The van der Waals surface area contributed by atoms with E-state index in [0.29, 0.717) is 19.0 Å². The van der Waals surface area contributed by atoms with Gasteiger partial charge in [0.1, 0.15) is 11.6 Å². The molecule has 2 N–H and O–H groups in total. The van der Waals surface area contributed by atoms with Crippen LogP contribution in [0.3, 0.4) is 0 Å². The van der Waals surface area contributed by atoms with Crippen molar-refractivity contribution in [2.45, 2.75) is 13.1 Å². The van der Waals surface area contributed by atoms with Crippen molar-refractivity contribution in [1.29, 1.82) is 0 Å². The Labute approximate surface area is 160 Å². The third-order valence-electron chi connectivity index (χ3n) is 4.69. The van der Waals surface area contributed by atoms with Crippen LogP contribution < -0.4 is 15.5 Å². The number of benzene rings is 1. The Hall–Kier alpha value is -2.67. The lowest BCUT2D eigenvalue weighted by Gasteiger charge is -2.33. The summed E-state index contributed by atoms with van der Waals surface area (Å²) in [5.74, 6) is 1.50. The number of likely N-dealkylation sites (N-methyl/N-ethyl adjacent to an activating group) is 1. The molecule has 1 aromatic heterocycles. The maximum atomic E-state index is 13.0. The number of nitrogens with one attached hydrogen (secondary N) is 2. The summed E-state index contributed by atoms with van der Waals surface area (Å²) in [7, 11) is 3.89.